The second-order valence-electron chi connectivity index (χ2n) is 5.79. The van der Waals surface area contributed by atoms with Gasteiger partial charge in [0.25, 0.3) is 0 Å². The number of aromatic nitrogens is 1. The van der Waals surface area contributed by atoms with Gasteiger partial charge in [-0.25, -0.2) is 4.98 Å². The molecule has 1 heterocycles. The van der Waals surface area contributed by atoms with E-state index in [1.165, 1.54) is 16.9 Å². The maximum absolute atomic E-state index is 12.3. The van der Waals surface area contributed by atoms with Gasteiger partial charge < -0.3 is 5.32 Å². The molecule has 0 bridgehead atoms. The van der Waals surface area contributed by atoms with E-state index in [1.54, 1.807) is 12.1 Å². The molecule has 0 aliphatic rings. The van der Waals surface area contributed by atoms with E-state index >= 15 is 0 Å². The monoisotopic (exact) mass is 390 g/mol. The zero-order valence-corrected chi connectivity index (χ0v) is 16.1. The molecule has 25 heavy (non-hydrogen) atoms. The second-order valence-corrected chi connectivity index (χ2v) is 7.58. The van der Waals surface area contributed by atoms with Crippen LogP contribution in [0.4, 0.5) is 5.69 Å². The van der Waals surface area contributed by atoms with Crippen molar-refractivity contribution in [1.29, 1.82) is 0 Å². The smallest absolute Gasteiger partial charge is 0.231 e. The van der Waals surface area contributed by atoms with E-state index in [2.05, 4.69) is 10.3 Å². The van der Waals surface area contributed by atoms with Crippen molar-refractivity contribution in [3.8, 4) is 11.3 Å². The van der Waals surface area contributed by atoms with Crippen molar-refractivity contribution < 1.29 is 4.79 Å². The Morgan fingerprint density at radius 3 is 2.68 bits per heavy atom. The van der Waals surface area contributed by atoms with Gasteiger partial charge in [-0.05, 0) is 43.7 Å². The molecule has 6 heteroatoms. The number of thiazole rings is 1. The van der Waals surface area contributed by atoms with E-state index in [-0.39, 0.29) is 12.3 Å². The van der Waals surface area contributed by atoms with Crippen LogP contribution >= 0.6 is 34.5 Å². The van der Waals surface area contributed by atoms with Crippen molar-refractivity contribution in [2.24, 2.45) is 0 Å². The number of nitrogens with zero attached hydrogens (tertiary/aromatic N) is 1. The van der Waals surface area contributed by atoms with Crippen molar-refractivity contribution in [3.63, 3.8) is 0 Å². The Bertz CT molecular complexity index is 937. The summed E-state index contributed by atoms with van der Waals surface area (Å²) in [4.78, 5) is 16.8. The molecule has 2 aromatic carbocycles. The normalized spacial score (nSPS) is 10.7. The highest BCUT2D eigenvalue weighted by Gasteiger charge is 2.12. The lowest BCUT2D eigenvalue weighted by atomic mass is 10.1. The molecule has 0 spiro atoms. The summed E-state index contributed by atoms with van der Waals surface area (Å²) in [6.07, 6.45) is 0.225. The van der Waals surface area contributed by atoms with Gasteiger partial charge in [-0.3, -0.25) is 4.79 Å². The Balaban J connectivity index is 1.71. The molecule has 0 saturated carbocycles. The molecule has 0 atom stereocenters. The third kappa shape index (κ3) is 4.40. The quantitative estimate of drug-likeness (QED) is 0.600. The van der Waals surface area contributed by atoms with E-state index < -0.39 is 0 Å². The van der Waals surface area contributed by atoms with Gasteiger partial charge >= 0.3 is 0 Å². The third-order valence-electron chi connectivity index (χ3n) is 3.73. The first-order valence-corrected chi connectivity index (χ1v) is 9.33. The Labute approximate surface area is 160 Å². The second kappa shape index (κ2) is 7.56. The molecule has 3 aromatic rings. The van der Waals surface area contributed by atoms with Crippen LogP contribution in [0.2, 0.25) is 10.0 Å². The van der Waals surface area contributed by atoms with Gasteiger partial charge in [0, 0.05) is 21.7 Å². The maximum Gasteiger partial charge on any atom is 0.231 e. The van der Waals surface area contributed by atoms with Crippen LogP contribution < -0.4 is 5.32 Å². The molecular formula is C19H16Cl2N2OS. The molecule has 128 valence electrons. The van der Waals surface area contributed by atoms with Gasteiger partial charge in [0.05, 0.1) is 17.1 Å². The summed E-state index contributed by atoms with van der Waals surface area (Å²) < 4.78 is 0. The molecule has 1 aromatic heterocycles. The lowest BCUT2D eigenvalue weighted by molar-refractivity contribution is -0.115. The third-order valence-corrected chi connectivity index (χ3v) is 5.12. The summed E-state index contributed by atoms with van der Waals surface area (Å²) in [6, 6.07) is 11.2. The summed E-state index contributed by atoms with van der Waals surface area (Å²) in [5, 5.41) is 6.70. The van der Waals surface area contributed by atoms with Gasteiger partial charge in [0.2, 0.25) is 5.91 Å². The molecule has 3 rings (SSSR count). The summed E-state index contributed by atoms with van der Waals surface area (Å²) in [5.74, 6) is -0.0879. The molecule has 1 amide bonds. The van der Waals surface area contributed by atoms with Crippen LogP contribution in [0.1, 0.15) is 16.1 Å². The van der Waals surface area contributed by atoms with Gasteiger partial charge in [-0.15, -0.1) is 11.3 Å². The highest BCUT2D eigenvalue weighted by Crippen LogP contribution is 2.31. The summed E-state index contributed by atoms with van der Waals surface area (Å²) in [7, 11) is 0. The van der Waals surface area contributed by atoms with Gasteiger partial charge in [-0.2, -0.15) is 0 Å². The number of amides is 1. The Kier molecular flexibility index (Phi) is 5.42. The van der Waals surface area contributed by atoms with E-state index in [0.717, 1.165) is 27.5 Å². The highest BCUT2D eigenvalue weighted by atomic mass is 35.5. The van der Waals surface area contributed by atoms with Gasteiger partial charge in [0.15, 0.2) is 0 Å². The first-order chi connectivity index (χ1) is 11.9. The lowest BCUT2D eigenvalue weighted by Gasteiger charge is -2.08. The highest BCUT2D eigenvalue weighted by molar-refractivity contribution is 7.10. The minimum atomic E-state index is -0.0879. The number of anilines is 1. The molecule has 0 aliphatic carbocycles. The molecule has 3 nitrogen and oxygen atoms in total. The number of carbonyl (C=O) groups excluding carboxylic acids is 1. The fraction of sp³-hybridized carbons (Fsp3) is 0.158. The Morgan fingerprint density at radius 1 is 1.16 bits per heavy atom. The van der Waals surface area contributed by atoms with Crippen molar-refractivity contribution >= 4 is 46.1 Å². The van der Waals surface area contributed by atoms with Crippen molar-refractivity contribution in [3.05, 3.63) is 68.0 Å². The maximum atomic E-state index is 12.3. The van der Waals surface area contributed by atoms with Crippen LogP contribution in [-0.2, 0) is 11.2 Å². The average molecular weight is 391 g/mol. The van der Waals surface area contributed by atoms with Crippen LogP contribution in [0.3, 0.4) is 0 Å². The van der Waals surface area contributed by atoms with Crippen molar-refractivity contribution in [1.82, 2.24) is 4.98 Å². The number of hydrogen-bond donors (Lipinski definition) is 1. The molecule has 1 N–H and O–H groups in total. The Morgan fingerprint density at radius 2 is 1.96 bits per heavy atom. The standard InChI is InChI=1S/C19H16Cl2N2OS/c1-11-3-6-16(12(2)7-11)22-18(24)9-19-23-17(10-25-19)14-5-4-13(20)8-15(14)21/h3-8,10H,9H2,1-2H3,(H,22,24). The minimum absolute atomic E-state index is 0.0879. The van der Waals surface area contributed by atoms with Crippen LogP contribution in [0.5, 0.6) is 0 Å². The molecular weight excluding hydrogens is 375 g/mol. The van der Waals surface area contributed by atoms with Crippen molar-refractivity contribution in [2.75, 3.05) is 5.32 Å². The number of hydrogen-bond acceptors (Lipinski definition) is 3. The van der Waals surface area contributed by atoms with Crippen molar-refractivity contribution in [2.45, 2.75) is 20.3 Å². The number of halogens is 2. The number of rotatable bonds is 4. The minimum Gasteiger partial charge on any atom is -0.325 e. The first-order valence-electron chi connectivity index (χ1n) is 7.69. The van der Waals surface area contributed by atoms with E-state index in [4.69, 9.17) is 23.2 Å². The molecule has 0 unspecified atom stereocenters. The lowest BCUT2D eigenvalue weighted by Crippen LogP contribution is -2.15. The van der Waals surface area contributed by atoms with E-state index in [0.29, 0.717) is 10.0 Å². The van der Waals surface area contributed by atoms with E-state index in [1.807, 2.05) is 43.5 Å². The molecule has 0 aliphatic heterocycles. The number of carbonyl (C=O) groups is 1. The topological polar surface area (TPSA) is 42.0 Å². The van der Waals surface area contributed by atoms with Crippen LogP contribution in [0.15, 0.2) is 41.8 Å². The summed E-state index contributed by atoms with van der Waals surface area (Å²) in [6.45, 7) is 4.00. The number of benzene rings is 2. The van der Waals surface area contributed by atoms with Crippen LogP contribution in [-0.4, -0.2) is 10.9 Å². The summed E-state index contributed by atoms with van der Waals surface area (Å²) >= 11 is 13.6. The fourth-order valence-electron chi connectivity index (χ4n) is 2.50. The predicted octanol–water partition coefficient (Wildman–Crippen LogP) is 5.91. The predicted molar refractivity (Wildman–Crippen MR) is 106 cm³/mol. The zero-order chi connectivity index (χ0) is 18.0. The fourth-order valence-corrected chi connectivity index (χ4v) is 3.80. The Hall–Kier alpha value is -1.88. The van der Waals surface area contributed by atoms with E-state index in [9.17, 15) is 4.79 Å². The van der Waals surface area contributed by atoms with Crippen LogP contribution in [0.25, 0.3) is 11.3 Å². The summed E-state index contributed by atoms with van der Waals surface area (Å²) in [5.41, 5.74) is 4.60. The largest absolute Gasteiger partial charge is 0.325 e. The molecule has 0 saturated heterocycles. The first kappa shape index (κ1) is 17.9. The molecule has 0 radical (unpaired) electrons. The average Bonchev–Trinajstić information content (AvgIpc) is 2.98. The van der Waals surface area contributed by atoms with Gasteiger partial charge in [0.1, 0.15) is 5.01 Å². The number of nitrogens with one attached hydrogen (secondary N) is 1. The zero-order valence-electron chi connectivity index (χ0n) is 13.8. The SMILES string of the molecule is Cc1ccc(NC(=O)Cc2nc(-c3ccc(Cl)cc3Cl)cs2)c(C)c1. The number of aryl methyl sites for hydroxylation is 2. The van der Waals surface area contributed by atoms with Crippen LogP contribution in [0, 0.1) is 13.8 Å². The molecule has 0 fully saturated rings. The van der Waals surface area contributed by atoms with Gasteiger partial charge in [-0.1, -0.05) is 40.9 Å².